The normalized spacial score (nSPS) is 10.3. The van der Waals surface area contributed by atoms with Crippen LogP contribution in [0.4, 0.5) is 5.69 Å². The first-order chi connectivity index (χ1) is 8.61. The van der Waals surface area contributed by atoms with Crippen molar-refractivity contribution < 1.29 is 0 Å². The Hall–Kier alpha value is -1.49. The van der Waals surface area contributed by atoms with Crippen molar-refractivity contribution in [3.63, 3.8) is 0 Å². The number of hydrogen-bond donors (Lipinski definition) is 1. The Labute approximate surface area is 120 Å². The van der Waals surface area contributed by atoms with Crippen LogP contribution >= 0.6 is 12.4 Å². The number of aromatic nitrogens is 4. The van der Waals surface area contributed by atoms with E-state index in [0.717, 1.165) is 36.6 Å². The predicted molar refractivity (Wildman–Crippen MR) is 79.8 cm³/mol. The zero-order valence-electron chi connectivity index (χ0n) is 12.0. The van der Waals surface area contributed by atoms with Crippen LogP contribution in [0.2, 0.25) is 0 Å². The minimum Gasteiger partial charge on any atom is -0.377 e. The van der Waals surface area contributed by atoms with Gasteiger partial charge in [0.15, 0.2) is 0 Å². The van der Waals surface area contributed by atoms with Gasteiger partial charge in [0.2, 0.25) is 0 Å². The molecule has 0 fully saturated rings. The fourth-order valence-corrected chi connectivity index (χ4v) is 2.00. The summed E-state index contributed by atoms with van der Waals surface area (Å²) in [5.74, 6) is 0. The molecule has 0 aliphatic carbocycles. The smallest absolute Gasteiger partial charge is 0.0759 e. The Kier molecular flexibility index (Phi) is 5.42. The highest BCUT2D eigenvalue weighted by Gasteiger charge is 2.07. The lowest BCUT2D eigenvalue weighted by molar-refractivity contribution is 0.575. The highest BCUT2D eigenvalue weighted by Crippen LogP contribution is 2.14. The molecule has 2 heterocycles. The Morgan fingerprint density at radius 3 is 2.63 bits per heavy atom. The Bertz CT molecular complexity index is 529. The zero-order valence-corrected chi connectivity index (χ0v) is 12.8. The topological polar surface area (TPSA) is 47.7 Å². The second-order valence-corrected chi connectivity index (χ2v) is 4.62. The summed E-state index contributed by atoms with van der Waals surface area (Å²) in [5.41, 5.74) is 4.52. The van der Waals surface area contributed by atoms with Crippen LogP contribution in [0.5, 0.6) is 0 Å². The zero-order chi connectivity index (χ0) is 13.1. The first-order valence-corrected chi connectivity index (χ1v) is 6.37. The lowest BCUT2D eigenvalue weighted by atomic mass is 10.3. The molecular formula is C13H22ClN5. The van der Waals surface area contributed by atoms with Crippen molar-refractivity contribution in [2.45, 2.75) is 40.3 Å². The Morgan fingerprint density at radius 2 is 2.05 bits per heavy atom. The molecule has 0 radical (unpaired) electrons. The van der Waals surface area contributed by atoms with Crippen molar-refractivity contribution in [3.05, 3.63) is 29.3 Å². The van der Waals surface area contributed by atoms with Gasteiger partial charge in [-0.1, -0.05) is 6.92 Å². The van der Waals surface area contributed by atoms with Crippen LogP contribution in [0.3, 0.4) is 0 Å². The maximum absolute atomic E-state index is 4.50. The third kappa shape index (κ3) is 3.50. The van der Waals surface area contributed by atoms with Gasteiger partial charge in [-0.25, -0.2) is 0 Å². The van der Waals surface area contributed by atoms with E-state index in [1.807, 2.05) is 24.9 Å². The third-order valence-electron chi connectivity index (χ3n) is 3.12. The summed E-state index contributed by atoms with van der Waals surface area (Å²) in [6, 6.07) is 2.13. The third-order valence-corrected chi connectivity index (χ3v) is 3.12. The van der Waals surface area contributed by atoms with Crippen LogP contribution < -0.4 is 5.32 Å². The van der Waals surface area contributed by atoms with Crippen LogP contribution in [-0.2, 0) is 20.1 Å². The van der Waals surface area contributed by atoms with Crippen LogP contribution in [0.25, 0.3) is 0 Å². The molecular weight excluding hydrogens is 262 g/mol. The van der Waals surface area contributed by atoms with Crippen LogP contribution in [0.1, 0.15) is 30.4 Å². The molecule has 0 saturated heterocycles. The Balaban J connectivity index is 0.00000180. The molecule has 0 spiro atoms. The Morgan fingerprint density at radius 1 is 1.32 bits per heavy atom. The van der Waals surface area contributed by atoms with E-state index in [-0.39, 0.29) is 12.4 Å². The average molecular weight is 284 g/mol. The molecule has 2 aromatic rings. The van der Waals surface area contributed by atoms with E-state index in [0.29, 0.717) is 0 Å². The van der Waals surface area contributed by atoms with E-state index in [1.165, 1.54) is 5.69 Å². The average Bonchev–Trinajstić information content (AvgIpc) is 2.83. The van der Waals surface area contributed by atoms with E-state index >= 15 is 0 Å². The second kappa shape index (κ2) is 6.61. The first-order valence-electron chi connectivity index (χ1n) is 6.37. The summed E-state index contributed by atoms with van der Waals surface area (Å²) in [4.78, 5) is 0. The second-order valence-electron chi connectivity index (χ2n) is 4.62. The molecule has 0 saturated carbocycles. The van der Waals surface area contributed by atoms with E-state index in [2.05, 4.69) is 40.1 Å². The van der Waals surface area contributed by atoms with Gasteiger partial charge < -0.3 is 5.32 Å². The SMILES string of the molecule is CCCn1nc(C)cc1CNc1cnn(C)c1C.Cl. The summed E-state index contributed by atoms with van der Waals surface area (Å²) in [7, 11) is 1.95. The molecule has 0 amide bonds. The summed E-state index contributed by atoms with van der Waals surface area (Å²) in [6.45, 7) is 8.01. The van der Waals surface area contributed by atoms with Gasteiger partial charge in [0.05, 0.1) is 35.5 Å². The molecule has 0 aromatic carbocycles. The van der Waals surface area contributed by atoms with Gasteiger partial charge in [-0.15, -0.1) is 12.4 Å². The van der Waals surface area contributed by atoms with Crippen molar-refractivity contribution >= 4 is 18.1 Å². The van der Waals surface area contributed by atoms with E-state index in [1.54, 1.807) is 0 Å². The minimum atomic E-state index is 0. The van der Waals surface area contributed by atoms with Gasteiger partial charge in [-0.05, 0) is 26.3 Å². The summed E-state index contributed by atoms with van der Waals surface area (Å²) < 4.78 is 3.95. The van der Waals surface area contributed by atoms with Gasteiger partial charge >= 0.3 is 0 Å². The lowest BCUT2D eigenvalue weighted by Crippen LogP contribution is -2.09. The summed E-state index contributed by atoms with van der Waals surface area (Å²) in [6.07, 6.45) is 2.96. The number of rotatable bonds is 5. The highest BCUT2D eigenvalue weighted by molar-refractivity contribution is 5.85. The monoisotopic (exact) mass is 283 g/mol. The van der Waals surface area contributed by atoms with E-state index < -0.39 is 0 Å². The van der Waals surface area contributed by atoms with Gasteiger partial charge in [0.1, 0.15) is 0 Å². The number of nitrogens with zero attached hydrogens (tertiary/aromatic N) is 4. The van der Waals surface area contributed by atoms with Gasteiger partial charge in [0.25, 0.3) is 0 Å². The largest absolute Gasteiger partial charge is 0.377 e. The summed E-state index contributed by atoms with van der Waals surface area (Å²) >= 11 is 0. The predicted octanol–water partition coefficient (Wildman–Crippen LogP) is 2.68. The molecule has 0 aliphatic heterocycles. The van der Waals surface area contributed by atoms with Gasteiger partial charge in [-0.3, -0.25) is 9.36 Å². The van der Waals surface area contributed by atoms with Crippen molar-refractivity contribution in [1.29, 1.82) is 0 Å². The van der Waals surface area contributed by atoms with Crippen LogP contribution in [0, 0.1) is 13.8 Å². The van der Waals surface area contributed by atoms with E-state index in [4.69, 9.17) is 0 Å². The molecule has 0 bridgehead atoms. The fourth-order valence-electron chi connectivity index (χ4n) is 2.00. The minimum absolute atomic E-state index is 0. The van der Waals surface area contributed by atoms with Crippen molar-refractivity contribution in [2.24, 2.45) is 7.05 Å². The molecule has 2 aromatic heterocycles. The van der Waals surface area contributed by atoms with E-state index in [9.17, 15) is 0 Å². The standard InChI is InChI=1S/C13H21N5.ClH/c1-5-6-18-12(7-10(2)16-18)8-14-13-9-15-17(4)11(13)3;/h7,9,14H,5-6,8H2,1-4H3;1H. The first kappa shape index (κ1) is 15.6. The van der Waals surface area contributed by atoms with Gasteiger partial charge in [-0.2, -0.15) is 10.2 Å². The highest BCUT2D eigenvalue weighted by atomic mass is 35.5. The molecule has 0 unspecified atom stereocenters. The van der Waals surface area contributed by atoms with Crippen LogP contribution in [0.15, 0.2) is 12.3 Å². The molecule has 2 rings (SSSR count). The molecule has 19 heavy (non-hydrogen) atoms. The molecule has 5 nitrogen and oxygen atoms in total. The van der Waals surface area contributed by atoms with Gasteiger partial charge in [0, 0.05) is 13.6 Å². The quantitative estimate of drug-likeness (QED) is 0.918. The summed E-state index contributed by atoms with van der Waals surface area (Å²) in [5, 5.41) is 12.1. The fraction of sp³-hybridized carbons (Fsp3) is 0.538. The maximum Gasteiger partial charge on any atom is 0.0759 e. The van der Waals surface area contributed by atoms with Crippen molar-refractivity contribution in [2.75, 3.05) is 5.32 Å². The lowest BCUT2D eigenvalue weighted by Gasteiger charge is -2.08. The molecule has 106 valence electrons. The number of halogens is 1. The molecule has 0 atom stereocenters. The molecule has 0 aliphatic rings. The maximum atomic E-state index is 4.50. The van der Waals surface area contributed by atoms with Crippen molar-refractivity contribution in [1.82, 2.24) is 19.6 Å². The number of aryl methyl sites for hydroxylation is 3. The van der Waals surface area contributed by atoms with Crippen LogP contribution in [-0.4, -0.2) is 19.6 Å². The molecule has 6 heteroatoms. The number of anilines is 1. The number of hydrogen-bond acceptors (Lipinski definition) is 3. The number of nitrogens with one attached hydrogen (secondary N) is 1. The molecule has 1 N–H and O–H groups in total. The van der Waals surface area contributed by atoms with Crippen molar-refractivity contribution in [3.8, 4) is 0 Å².